The average molecular weight is 360 g/mol. The van der Waals surface area contributed by atoms with Gasteiger partial charge in [0.2, 0.25) is 5.91 Å². The summed E-state index contributed by atoms with van der Waals surface area (Å²) < 4.78 is 5.72. The Hall–Kier alpha value is -1.72. The Morgan fingerprint density at radius 2 is 1.81 bits per heavy atom. The van der Waals surface area contributed by atoms with E-state index in [2.05, 4.69) is 24.1 Å². The number of aryl methyl sites for hydroxylation is 2. The molecule has 1 amide bonds. The van der Waals surface area contributed by atoms with Crippen molar-refractivity contribution in [1.29, 1.82) is 0 Å². The van der Waals surface area contributed by atoms with Gasteiger partial charge in [-0.25, -0.2) is 0 Å². The van der Waals surface area contributed by atoms with Crippen molar-refractivity contribution in [3.63, 3.8) is 0 Å². The first-order chi connectivity index (χ1) is 12.3. The van der Waals surface area contributed by atoms with Crippen molar-refractivity contribution in [3.8, 4) is 0 Å². The molecule has 0 bridgehead atoms. The van der Waals surface area contributed by atoms with Crippen LogP contribution in [0.3, 0.4) is 0 Å². The maximum absolute atomic E-state index is 12.2. The number of ketones is 1. The van der Waals surface area contributed by atoms with Gasteiger partial charge >= 0.3 is 0 Å². The predicted octanol–water partition coefficient (Wildman–Crippen LogP) is 2.88. The second-order valence-electron chi connectivity index (χ2n) is 7.44. The minimum Gasteiger partial charge on any atom is -0.373 e. The Labute approximate surface area is 157 Å². The van der Waals surface area contributed by atoms with Gasteiger partial charge in [-0.2, -0.15) is 0 Å². The summed E-state index contributed by atoms with van der Waals surface area (Å²) in [5, 5.41) is 2.92. The lowest BCUT2D eigenvalue weighted by molar-refractivity contribution is -0.121. The molecule has 1 saturated heterocycles. The molecule has 1 N–H and O–H groups in total. The van der Waals surface area contributed by atoms with E-state index in [0.29, 0.717) is 12.1 Å². The van der Waals surface area contributed by atoms with E-state index in [4.69, 9.17) is 4.74 Å². The number of amides is 1. The van der Waals surface area contributed by atoms with Crippen LogP contribution in [0.1, 0.15) is 54.6 Å². The summed E-state index contributed by atoms with van der Waals surface area (Å²) >= 11 is 0. The summed E-state index contributed by atoms with van der Waals surface area (Å²) in [7, 11) is 0. The third kappa shape index (κ3) is 6.54. The molecule has 5 heteroatoms. The molecule has 1 fully saturated rings. The molecule has 1 aliphatic rings. The van der Waals surface area contributed by atoms with Crippen LogP contribution in [0.25, 0.3) is 0 Å². The average Bonchev–Trinajstić information content (AvgIpc) is 2.58. The van der Waals surface area contributed by atoms with Gasteiger partial charge in [-0.3, -0.25) is 14.5 Å². The Kier molecular flexibility index (Phi) is 7.79. The van der Waals surface area contributed by atoms with E-state index >= 15 is 0 Å². The van der Waals surface area contributed by atoms with Gasteiger partial charge in [-0.05, 0) is 51.3 Å². The second-order valence-corrected chi connectivity index (χ2v) is 7.44. The van der Waals surface area contributed by atoms with Gasteiger partial charge < -0.3 is 10.1 Å². The minimum absolute atomic E-state index is 0.0274. The number of hydrogen-bond donors (Lipinski definition) is 1. The topological polar surface area (TPSA) is 58.6 Å². The van der Waals surface area contributed by atoms with Crippen molar-refractivity contribution < 1.29 is 14.3 Å². The second kappa shape index (κ2) is 9.83. The van der Waals surface area contributed by atoms with Crippen LogP contribution < -0.4 is 5.32 Å². The third-order valence-electron chi connectivity index (χ3n) is 4.88. The van der Waals surface area contributed by atoms with Crippen molar-refractivity contribution in [1.82, 2.24) is 10.2 Å². The van der Waals surface area contributed by atoms with Crippen LogP contribution in [-0.2, 0) is 9.53 Å². The minimum atomic E-state index is -0.0501. The highest BCUT2D eigenvalue weighted by Gasteiger charge is 2.21. The fourth-order valence-electron chi connectivity index (χ4n) is 3.37. The molecule has 1 heterocycles. The van der Waals surface area contributed by atoms with Gasteiger partial charge in [0.05, 0.1) is 12.2 Å². The molecule has 2 atom stereocenters. The smallest absolute Gasteiger partial charge is 0.220 e. The van der Waals surface area contributed by atoms with E-state index in [1.54, 1.807) is 0 Å². The Balaban J connectivity index is 1.63. The number of rotatable bonds is 8. The van der Waals surface area contributed by atoms with E-state index in [9.17, 15) is 9.59 Å². The number of carbonyl (C=O) groups is 2. The molecule has 2 unspecified atom stereocenters. The third-order valence-corrected chi connectivity index (χ3v) is 4.88. The first-order valence-electron chi connectivity index (χ1n) is 9.60. The van der Waals surface area contributed by atoms with Crippen molar-refractivity contribution in [3.05, 3.63) is 34.9 Å². The van der Waals surface area contributed by atoms with Crippen LogP contribution >= 0.6 is 0 Å². The monoisotopic (exact) mass is 360 g/mol. The number of ether oxygens (including phenoxy) is 1. The van der Waals surface area contributed by atoms with Gasteiger partial charge in [0, 0.05) is 44.6 Å². The molecule has 0 aliphatic carbocycles. The zero-order valence-electron chi connectivity index (χ0n) is 16.5. The molecule has 26 heavy (non-hydrogen) atoms. The number of carbonyl (C=O) groups excluding carboxylic acids is 2. The molecule has 1 aromatic carbocycles. The molecule has 1 aliphatic heterocycles. The fraction of sp³-hybridized carbons (Fsp3) is 0.619. The molecular formula is C21H32N2O3. The van der Waals surface area contributed by atoms with Gasteiger partial charge in [0.15, 0.2) is 5.78 Å². The summed E-state index contributed by atoms with van der Waals surface area (Å²) in [5.41, 5.74) is 2.96. The molecule has 0 saturated carbocycles. The molecule has 0 aromatic heterocycles. The number of benzene rings is 1. The van der Waals surface area contributed by atoms with Gasteiger partial charge in [0.25, 0.3) is 0 Å². The highest BCUT2D eigenvalue weighted by atomic mass is 16.5. The Bertz CT molecular complexity index is 620. The SMILES string of the molecule is Cc1ccc(C(=O)CCC(=O)NCCCN2CC(C)OC(C)C2)cc1C. The zero-order chi connectivity index (χ0) is 19.1. The van der Waals surface area contributed by atoms with Crippen LogP contribution in [0.5, 0.6) is 0 Å². The standard InChI is InChI=1S/C21H32N2O3/c1-15-6-7-19(12-16(15)2)20(24)8-9-21(25)22-10-5-11-23-13-17(3)26-18(4)14-23/h6-7,12,17-18H,5,8-11,13-14H2,1-4H3,(H,22,25). The van der Waals surface area contributed by atoms with Gasteiger partial charge in [-0.1, -0.05) is 12.1 Å². The predicted molar refractivity (Wildman–Crippen MR) is 104 cm³/mol. The molecular weight excluding hydrogens is 328 g/mol. The molecule has 5 nitrogen and oxygen atoms in total. The van der Waals surface area contributed by atoms with Crippen LogP contribution in [0.15, 0.2) is 18.2 Å². The van der Waals surface area contributed by atoms with Crippen LogP contribution in [0, 0.1) is 13.8 Å². The zero-order valence-corrected chi connectivity index (χ0v) is 16.5. The first-order valence-corrected chi connectivity index (χ1v) is 9.60. The van der Waals surface area contributed by atoms with Crippen molar-refractivity contribution in [2.45, 2.75) is 59.2 Å². The number of morpholine rings is 1. The summed E-state index contributed by atoms with van der Waals surface area (Å²) in [4.78, 5) is 26.6. The summed E-state index contributed by atoms with van der Waals surface area (Å²) in [5.74, 6) is -0.0227. The Morgan fingerprint density at radius 3 is 2.46 bits per heavy atom. The normalized spacial score (nSPS) is 20.8. The summed E-state index contributed by atoms with van der Waals surface area (Å²) in [6, 6.07) is 5.70. The van der Waals surface area contributed by atoms with E-state index < -0.39 is 0 Å². The summed E-state index contributed by atoms with van der Waals surface area (Å²) in [6.45, 7) is 11.7. The van der Waals surface area contributed by atoms with Crippen LogP contribution in [0.4, 0.5) is 0 Å². The first kappa shape index (κ1) is 20.6. The highest BCUT2D eigenvalue weighted by Crippen LogP contribution is 2.13. The molecule has 1 aromatic rings. The number of Topliss-reactive ketones (excluding diaryl/α,β-unsaturated/α-hetero) is 1. The molecule has 144 valence electrons. The molecule has 0 spiro atoms. The number of nitrogens with zero attached hydrogens (tertiary/aromatic N) is 1. The largest absolute Gasteiger partial charge is 0.373 e. The van der Waals surface area contributed by atoms with Gasteiger partial charge in [0.1, 0.15) is 0 Å². The quantitative estimate of drug-likeness (QED) is 0.572. The fourth-order valence-corrected chi connectivity index (χ4v) is 3.37. The van der Waals surface area contributed by atoms with E-state index in [1.807, 2.05) is 32.0 Å². The lowest BCUT2D eigenvalue weighted by Gasteiger charge is -2.35. The van der Waals surface area contributed by atoms with Crippen molar-refractivity contribution in [2.24, 2.45) is 0 Å². The number of hydrogen-bond acceptors (Lipinski definition) is 4. The molecule has 2 rings (SSSR count). The van der Waals surface area contributed by atoms with Crippen LogP contribution in [-0.4, -0.2) is 55.0 Å². The maximum atomic E-state index is 12.2. The van der Waals surface area contributed by atoms with E-state index in [-0.39, 0.29) is 36.7 Å². The van der Waals surface area contributed by atoms with Crippen molar-refractivity contribution >= 4 is 11.7 Å². The Morgan fingerprint density at radius 1 is 1.12 bits per heavy atom. The van der Waals surface area contributed by atoms with Crippen LogP contribution in [0.2, 0.25) is 0 Å². The van der Waals surface area contributed by atoms with E-state index in [1.165, 1.54) is 5.56 Å². The maximum Gasteiger partial charge on any atom is 0.220 e. The van der Waals surface area contributed by atoms with Crippen molar-refractivity contribution in [2.75, 3.05) is 26.2 Å². The van der Waals surface area contributed by atoms with Gasteiger partial charge in [-0.15, -0.1) is 0 Å². The summed E-state index contributed by atoms with van der Waals surface area (Å²) in [6.07, 6.45) is 1.95. The molecule has 0 radical (unpaired) electrons. The van der Waals surface area contributed by atoms with E-state index in [0.717, 1.165) is 31.6 Å². The highest BCUT2D eigenvalue weighted by molar-refractivity contribution is 5.98. The number of nitrogens with one attached hydrogen (secondary N) is 1. The lowest BCUT2D eigenvalue weighted by Crippen LogP contribution is -2.46. The lowest BCUT2D eigenvalue weighted by atomic mass is 10.0.